The Hall–Kier alpha value is 0.490. The fourth-order valence-corrected chi connectivity index (χ4v) is 5.98. The van der Waals surface area contributed by atoms with Gasteiger partial charge in [0.25, 0.3) is 0 Å². The third-order valence-corrected chi connectivity index (χ3v) is 7.86. The molecule has 18 heavy (non-hydrogen) atoms. The first-order chi connectivity index (χ1) is 8.27. The standard InChI is InChI=1S/C12H24N2O2P.BrH/c1-3-12-17(2,13-4-8-15-9-5-13)14-6-10-16-11-7-14;/h3H,1,4-12H2,2H3;1H/q+1;/p-1. The van der Waals surface area contributed by atoms with Crippen molar-refractivity contribution >= 4 is 7.56 Å². The van der Waals surface area contributed by atoms with Crippen LogP contribution >= 0.6 is 7.56 Å². The molecular weight excluding hydrogens is 315 g/mol. The molecule has 0 aromatic carbocycles. The zero-order valence-electron chi connectivity index (χ0n) is 11.2. The van der Waals surface area contributed by atoms with E-state index in [4.69, 9.17) is 9.47 Å². The zero-order valence-corrected chi connectivity index (χ0v) is 13.7. The van der Waals surface area contributed by atoms with E-state index in [-0.39, 0.29) is 17.0 Å². The lowest BCUT2D eigenvalue weighted by atomic mass is 10.5. The van der Waals surface area contributed by atoms with Gasteiger partial charge in [-0.2, -0.15) is 9.34 Å². The number of morpholine rings is 2. The van der Waals surface area contributed by atoms with E-state index in [9.17, 15) is 0 Å². The predicted molar refractivity (Wildman–Crippen MR) is 72.7 cm³/mol. The molecule has 0 aromatic rings. The third kappa shape index (κ3) is 3.75. The summed E-state index contributed by atoms with van der Waals surface area (Å²) in [6.07, 6.45) is 3.19. The molecule has 2 fully saturated rings. The largest absolute Gasteiger partial charge is 1.00 e. The van der Waals surface area contributed by atoms with Crippen LogP contribution < -0.4 is 17.0 Å². The van der Waals surface area contributed by atoms with E-state index in [1.54, 1.807) is 0 Å². The Kier molecular flexibility index (Phi) is 7.29. The topological polar surface area (TPSA) is 24.9 Å². The van der Waals surface area contributed by atoms with Crippen molar-refractivity contribution in [3.63, 3.8) is 0 Å². The average Bonchev–Trinajstić information content (AvgIpc) is 2.41. The summed E-state index contributed by atoms with van der Waals surface area (Å²) in [6, 6.07) is 0. The Labute approximate surface area is 122 Å². The first-order valence-corrected chi connectivity index (χ1v) is 8.73. The van der Waals surface area contributed by atoms with Gasteiger partial charge >= 0.3 is 0 Å². The molecule has 6 heteroatoms. The van der Waals surface area contributed by atoms with Crippen molar-refractivity contribution < 1.29 is 26.5 Å². The number of ether oxygens (including phenoxy) is 2. The lowest BCUT2D eigenvalue weighted by molar-refractivity contribution is -0.00000511. The van der Waals surface area contributed by atoms with Crippen molar-refractivity contribution in [2.24, 2.45) is 0 Å². The van der Waals surface area contributed by atoms with Crippen molar-refractivity contribution in [3.8, 4) is 0 Å². The molecule has 4 nitrogen and oxygen atoms in total. The van der Waals surface area contributed by atoms with Gasteiger partial charge in [0.05, 0.1) is 59.3 Å². The van der Waals surface area contributed by atoms with E-state index in [0.29, 0.717) is 0 Å². The van der Waals surface area contributed by atoms with Crippen LogP contribution in [0.1, 0.15) is 0 Å². The summed E-state index contributed by atoms with van der Waals surface area (Å²) in [7, 11) is -1.23. The van der Waals surface area contributed by atoms with Crippen molar-refractivity contribution in [2.45, 2.75) is 0 Å². The summed E-state index contributed by atoms with van der Waals surface area (Å²) < 4.78 is 16.2. The maximum absolute atomic E-state index is 5.47. The Bertz CT molecular complexity index is 238. The molecule has 0 bridgehead atoms. The Balaban J connectivity index is 0.00000162. The quantitative estimate of drug-likeness (QED) is 0.451. The molecular formula is C12H24BrN2O2P. The molecule has 0 N–H and O–H groups in total. The second-order valence-corrected chi connectivity index (χ2v) is 8.37. The summed E-state index contributed by atoms with van der Waals surface area (Å²) >= 11 is 0. The minimum Gasteiger partial charge on any atom is -1.00 e. The summed E-state index contributed by atoms with van der Waals surface area (Å²) in [4.78, 5) is 0. The van der Waals surface area contributed by atoms with Gasteiger partial charge in [-0.05, 0) is 0 Å². The highest BCUT2D eigenvalue weighted by Crippen LogP contribution is 2.61. The van der Waals surface area contributed by atoms with Crippen LogP contribution in [0.4, 0.5) is 0 Å². The van der Waals surface area contributed by atoms with Crippen LogP contribution in [-0.2, 0) is 9.47 Å². The second kappa shape index (κ2) is 7.93. The second-order valence-electron chi connectivity index (χ2n) is 4.69. The number of nitrogens with zero attached hydrogens (tertiary/aromatic N) is 2. The van der Waals surface area contributed by atoms with Crippen LogP contribution in [0.2, 0.25) is 0 Å². The van der Waals surface area contributed by atoms with Gasteiger partial charge in [0.2, 0.25) is 0 Å². The lowest BCUT2D eigenvalue weighted by Crippen LogP contribution is -3.00. The molecule has 2 aliphatic heterocycles. The molecule has 2 rings (SSSR count). The number of halogens is 1. The maximum atomic E-state index is 5.47. The molecule has 0 radical (unpaired) electrons. The van der Waals surface area contributed by atoms with Crippen molar-refractivity contribution in [3.05, 3.63) is 12.7 Å². The van der Waals surface area contributed by atoms with Gasteiger partial charge in [0.1, 0.15) is 6.16 Å². The first-order valence-electron chi connectivity index (χ1n) is 6.40. The number of rotatable bonds is 4. The highest BCUT2D eigenvalue weighted by Gasteiger charge is 2.45. The molecule has 2 heterocycles. The van der Waals surface area contributed by atoms with Crippen LogP contribution in [0, 0.1) is 0 Å². The summed E-state index contributed by atoms with van der Waals surface area (Å²) in [5.74, 6) is 0. The average molecular weight is 339 g/mol. The van der Waals surface area contributed by atoms with Gasteiger partial charge in [0.15, 0.2) is 7.56 Å². The van der Waals surface area contributed by atoms with Gasteiger partial charge < -0.3 is 26.5 Å². The Morgan fingerprint density at radius 2 is 1.39 bits per heavy atom. The van der Waals surface area contributed by atoms with Gasteiger partial charge in [-0.25, -0.2) is 0 Å². The van der Waals surface area contributed by atoms with E-state index in [0.717, 1.165) is 58.8 Å². The molecule has 0 atom stereocenters. The van der Waals surface area contributed by atoms with Crippen molar-refractivity contribution in [1.29, 1.82) is 0 Å². The predicted octanol–water partition coefficient (Wildman–Crippen LogP) is -1.68. The highest BCUT2D eigenvalue weighted by molar-refractivity contribution is 7.70. The van der Waals surface area contributed by atoms with E-state index < -0.39 is 7.56 Å². The normalized spacial score (nSPS) is 23.4. The summed E-state index contributed by atoms with van der Waals surface area (Å²) in [6.45, 7) is 14.1. The third-order valence-electron chi connectivity index (χ3n) is 3.67. The number of hydrogen-bond donors (Lipinski definition) is 0. The van der Waals surface area contributed by atoms with Crippen LogP contribution in [0.3, 0.4) is 0 Å². The van der Waals surface area contributed by atoms with Crippen molar-refractivity contribution in [2.75, 3.05) is 65.4 Å². The fraction of sp³-hybridized carbons (Fsp3) is 0.833. The van der Waals surface area contributed by atoms with E-state index in [1.165, 1.54) is 0 Å². The van der Waals surface area contributed by atoms with Crippen LogP contribution in [-0.4, -0.2) is 74.8 Å². The molecule has 2 aliphatic rings. The van der Waals surface area contributed by atoms with Crippen molar-refractivity contribution in [1.82, 2.24) is 9.34 Å². The minimum atomic E-state index is -1.23. The summed E-state index contributed by atoms with van der Waals surface area (Å²) in [5, 5.41) is 0. The minimum absolute atomic E-state index is 0. The zero-order chi connectivity index (χ0) is 12.1. The molecule has 2 saturated heterocycles. The van der Waals surface area contributed by atoms with Crippen LogP contribution in [0.5, 0.6) is 0 Å². The van der Waals surface area contributed by atoms with Gasteiger partial charge in [-0.3, -0.25) is 0 Å². The molecule has 0 unspecified atom stereocenters. The monoisotopic (exact) mass is 338 g/mol. The molecule has 0 amide bonds. The fourth-order valence-electron chi connectivity index (χ4n) is 2.62. The SMILES string of the molecule is C=CC[P+](C)(N1CCOCC1)N1CCOCC1.[Br-]. The van der Waals surface area contributed by atoms with E-state index >= 15 is 0 Å². The molecule has 0 saturated carbocycles. The van der Waals surface area contributed by atoms with E-state index in [2.05, 4.69) is 28.7 Å². The van der Waals surface area contributed by atoms with Crippen LogP contribution in [0.25, 0.3) is 0 Å². The highest BCUT2D eigenvalue weighted by atomic mass is 79.9. The first kappa shape index (κ1) is 16.5. The van der Waals surface area contributed by atoms with Gasteiger partial charge in [-0.15, -0.1) is 0 Å². The van der Waals surface area contributed by atoms with Gasteiger partial charge in [0, 0.05) is 0 Å². The smallest absolute Gasteiger partial charge is 0.154 e. The summed E-state index contributed by atoms with van der Waals surface area (Å²) in [5.41, 5.74) is 0. The Morgan fingerprint density at radius 3 is 1.72 bits per heavy atom. The maximum Gasteiger partial charge on any atom is 0.154 e. The number of hydrogen-bond acceptors (Lipinski definition) is 4. The van der Waals surface area contributed by atoms with Crippen LogP contribution in [0.15, 0.2) is 12.7 Å². The molecule has 0 aromatic heterocycles. The lowest BCUT2D eigenvalue weighted by Gasteiger charge is -2.43. The Morgan fingerprint density at radius 1 is 1.00 bits per heavy atom. The molecule has 106 valence electrons. The number of allylic oxidation sites excluding steroid dienone is 1. The van der Waals surface area contributed by atoms with Gasteiger partial charge in [-0.1, -0.05) is 12.7 Å². The molecule has 0 aliphatic carbocycles. The van der Waals surface area contributed by atoms with E-state index in [1.807, 2.05) is 0 Å². The molecule has 0 spiro atoms.